The molecule has 0 N–H and O–H groups in total. The summed E-state index contributed by atoms with van der Waals surface area (Å²) in [5, 5.41) is 8.91. The third-order valence-electron chi connectivity index (χ3n) is 2.48. The first-order valence-corrected chi connectivity index (χ1v) is 5.58. The average molecular weight is 269 g/mol. The van der Waals surface area contributed by atoms with Crippen molar-refractivity contribution in [2.24, 2.45) is 0 Å². The van der Waals surface area contributed by atoms with Crippen LogP contribution in [0.1, 0.15) is 30.0 Å². The Morgan fingerprint density at radius 2 is 2.16 bits per heavy atom. The molecule has 0 fully saturated rings. The highest BCUT2D eigenvalue weighted by Crippen LogP contribution is 2.33. The van der Waals surface area contributed by atoms with Crippen LogP contribution in [-0.4, -0.2) is 19.7 Å². The quantitative estimate of drug-likeness (QED) is 0.771. The van der Waals surface area contributed by atoms with Crippen molar-refractivity contribution in [1.29, 1.82) is 5.26 Å². The molecule has 1 rings (SSSR count). The summed E-state index contributed by atoms with van der Waals surface area (Å²) in [6, 6.07) is 4.21. The predicted octanol–water partition coefficient (Wildman–Crippen LogP) is 2.61. The third-order valence-corrected chi connectivity index (χ3v) is 2.48. The van der Waals surface area contributed by atoms with E-state index in [4.69, 9.17) is 14.7 Å². The van der Waals surface area contributed by atoms with Crippen LogP contribution in [0.2, 0.25) is 0 Å². The Balaban J connectivity index is 3.30. The van der Waals surface area contributed by atoms with Crippen molar-refractivity contribution in [1.82, 2.24) is 0 Å². The minimum atomic E-state index is -2.76. The van der Waals surface area contributed by atoms with Gasteiger partial charge in [-0.25, -0.2) is 8.78 Å². The highest BCUT2D eigenvalue weighted by atomic mass is 19.3. The largest absolute Gasteiger partial charge is 0.495 e. The Labute approximate surface area is 109 Å². The summed E-state index contributed by atoms with van der Waals surface area (Å²) in [6.45, 7) is 1.78. The highest BCUT2D eigenvalue weighted by molar-refractivity contribution is 5.75. The van der Waals surface area contributed by atoms with Crippen molar-refractivity contribution >= 4 is 5.97 Å². The summed E-state index contributed by atoms with van der Waals surface area (Å²) in [5.74, 6) is -0.647. The van der Waals surface area contributed by atoms with Crippen molar-refractivity contribution in [2.75, 3.05) is 13.7 Å². The highest BCUT2D eigenvalue weighted by Gasteiger charge is 2.22. The Morgan fingerprint density at radius 3 is 2.63 bits per heavy atom. The molecule has 0 spiro atoms. The smallest absolute Gasteiger partial charge is 0.310 e. The molecular formula is C13H13F2NO3. The molecule has 0 saturated heterocycles. The Kier molecular flexibility index (Phi) is 5.24. The zero-order chi connectivity index (χ0) is 14.4. The topological polar surface area (TPSA) is 59.3 Å². The van der Waals surface area contributed by atoms with Gasteiger partial charge in [0.25, 0.3) is 6.43 Å². The van der Waals surface area contributed by atoms with Crippen molar-refractivity contribution in [3.8, 4) is 11.8 Å². The van der Waals surface area contributed by atoms with Gasteiger partial charge < -0.3 is 9.47 Å². The lowest BCUT2D eigenvalue weighted by molar-refractivity contribution is -0.142. The fourth-order valence-corrected chi connectivity index (χ4v) is 1.71. The van der Waals surface area contributed by atoms with Crippen molar-refractivity contribution in [3.63, 3.8) is 0 Å². The van der Waals surface area contributed by atoms with E-state index in [0.717, 1.165) is 6.07 Å². The number of hydrogen-bond acceptors (Lipinski definition) is 4. The lowest BCUT2D eigenvalue weighted by atomic mass is 10.00. The Hall–Kier alpha value is -2.16. The van der Waals surface area contributed by atoms with E-state index in [1.54, 1.807) is 6.92 Å². The van der Waals surface area contributed by atoms with Gasteiger partial charge in [0.2, 0.25) is 0 Å². The number of rotatable bonds is 5. The molecule has 0 heterocycles. The molecular weight excluding hydrogens is 256 g/mol. The molecule has 6 heteroatoms. The number of alkyl halides is 2. The van der Waals surface area contributed by atoms with Crippen molar-refractivity contribution in [3.05, 3.63) is 28.8 Å². The molecule has 0 aliphatic heterocycles. The van der Waals surface area contributed by atoms with Crippen LogP contribution in [-0.2, 0) is 16.0 Å². The molecule has 102 valence electrons. The summed E-state index contributed by atoms with van der Waals surface area (Å²) < 4.78 is 35.6. The van der Waals surface area contributed by atoms with Gasteiger partial charge in [-0.3, -0.25) is 4.79 Å². The molecule has 0 aromatic heterocycles. The number of methoxy groups -OCH3 is 1. The minimum Gasteiger partial charge on any atom is -0.495 e. The van der Waals surface area contributed by atoms with Gasteiger partial charge in [0.1, 0.15) is 11.8 Å². The summed E-state index contributed by atoms with van der Waals surface area (Å²) >= 11 is 0. The number of ether oxygens (including phenoxy) is 2. The predicted molar refractivity (Wildman–Crippen MR) is 63.0 cm³/mol. The van der Waals surface area contributed by atoms with Crippen LogP contribution in [0, 0.1) is 11.3 Å². The van der Waals surface area contributed by atoms with Crippen molar-refractivity contribution in [2.45, 2.75) is 19.8 Å². The molecule has 4 nitrogen and oxygen atoms in total. The SMILES string of the molecule is CCOC(=O)Cc1c(C(F)F)ccc(C#N)c1OC. The number of carbonyl (C=O) groups is 1. The van der Waals surface area contributed by atoms with E-state index in [1.165, 1.54) is 13.2 Å². The molecule has 0 aliphatic carbocycles. The number of carbonyl (C=O) groups excluding carboxylic acids is 1. The number of hydrogen-bond donors (Lipinski definition) is 0. The number of halogens is 2. The molecule has 0 amide bonds. The van der Waals surface area contributed by atoms with Gasteiger partial charge in [0, 0.05) is 11.1 Å². The first-order valence-electron chi connectivity index (χ1n) is 5.58. The van der Waals surface area contributed by atoms with Crippen LogP contribution in [0.5, 0.6) is 5.75 Å². The van der Waals surface area contributed by atoms with Crippen LogP contribution in [0.15, 0.2) is 12.1 Å². The maximum atomic E-state index is 12.9. The van der Waals surface area contributed by atoms with E-state index >= 15 is 0 Å². The Morgan fingerprint density at radius 1 is 1.47 bits per heavy atom. The standard InChI is InChI=1S/C13H13F2NO3/c1-3-19-11(17)6-10-9(13(14)15)5-4-8(7-16)12(10)18-2/h4-5,13H,3,6H2,1-2H3. The minimum absolute atomic E-state index is 0.00463. The van der Waals surface area contributed by atoms with E-state index in [1.807, 2.05) is 6.07 Å². The lowest BCUT2D eigenvalue weighted by Crippen LogP contribution is -2.11. The van der Waals surface area contributed by atoms with Crippen LogP contribution in [0.25, 0.3) is 0 Å². The van der Waals surface area contributed by atoms with Crippen LogP contribution < -0.4 is 4.74 Å². The summed E-state index contributed by atoms with van der Waals surface area (Å²) in [5.41, 5.74) is -0.231. The molecule has 0 atom stereocenters. The second-order valence-corrected chi connectivity index (χ2v) is 3.61. The molecule has 0 radical (unpaired) electrons. The van der Waals surface area contributed by atoms with Gasteiger partial charge in [-0.2, -0.15) is 5.26 Å². The molecule has 0 aliphatic rings. The van der Waals surface area contributed by atoms with E-state index in [2.05, 4.69) is 0 Å². The van der Waals surface area contributed by atoms with E-state index < -0.39 is 12.4 Å². The molecule has 19 heavy (non-hydrogen) atoms. The monoisotopic (exact) mass is 269 g/mol. The van der Waals surface area contributed by atoms with E-state index in [0.29, 0.717) is 0 Å². The van der Waals surface area contributed by atoms with Crippen LogP contribution in [0.4, 0.5) is 8.78 Å². The first kappa shape index (κ1) is 14.9. The van der Waals surface area contributed by atoms with Crippen LogP contribution in [0.3, 0.4) is 0 Å². The number of nitriles is 1. The fraction of sp³-hybridized carbons (Fsp3) is 0.385. The second-order valence-electron chi connectivity index (χ2n) is 3.61. The zero-order valence-electron chi connectivity index (χ0n) is 10.6. The van der Waals surface area contributed by atoms with Gasteiger partial charge >= 0.3 is 5.97 Å². The zero-order valence-corrected chi connectivity index (χ0v) is 10.6. The van der Waals surface area contributed by atoms with E-state index in [9.17, 15) is 13.6 Å². The molecule has 1 aromatic rings. The third kappa shape index (κ3) is 3.41. The molecule has 0 saturated carbocycles. The normalized spacial score (nSPS) is 10.1. The van der Waals surface area contributed by atoms with Gasteiger partial charge in [0.05, 0.1) is 25.7 Å². The second kappa shape index (κ2) is 6.69. The molecule has 1 aromatic carbocycles. The maximum Gasteiger partial charge on any atom is 0.310 e. The molecule has 0 unspecified atom stereocenters. The summed E-state index contributed by atoms with van der Waals surface area (Å²) in [6.07, 6.45) is -3.11. The summed E-state index contributed by atoms with van der Waals surface area (Å²) in [7, 11) is 1.26. The van der Waals surface area contributed by atoms with Gasteiger partial charge in [-0.15, -0.1) is 0 Å². The van der Waals surface area contributed by atoms with Gasteiger partial charge in [-0.05, 0) is 13.0 Å². The lowest BCUT2D eigenvalue weighted by Gasteiger charge is -2.14. The first-order chi connectivity index (χ1) is 9.04. The van der Waals surface area contributed by atoms with Crippen LogP contribution >= 0.6 is 0 Å². The van der Waals surface area contributed by atoms with E-state index in [-0.39, 0.29) is 35.5 Å². The van der Waals surface area contributed by atoms with Gasteiger partial charge in [-0.1, -0.05) is 6.07 Å². The fourth-order valence-electron chi connectivity index (χ4n) is 1.71. The number of benzene rings is 1. The van der Waals surface area contributed by atoms with Gasteiger partial charge in [0.15, 0.2) is 0 Å². The molecule has 0 bridgehead atoms. The Bertz CT molecular complexity index is 509. The maximum absolute atomic E-state index is 12.9. The average Bonchev–Trinajstić information content (AvgIpc) is 2.37. The van der Waals surface area contributed by atoms with Crippen molar-refractivity contribution < 1.29 is 23.0 Å². The number of nitrogens with zero attached hydrogens (tertiary/aromatic N) is 1. The number of esters is 1. The summed E-state index contributed by atoms with van der Waals surface area (Å²) in [4.78, 5) is 11.4.